The third-order valence-corrected chi connectivity index (χ3v) is 9.70. The molecule has 40 heavy (non-hydrogen) atoms. The molecule has 5 nitrogen and oxygen atoms in total. The van der Waals surface area contributed by atoms with Gasteiger partial charge in [-0.1, -0.05) is 30.9 Å². The molecule has 216 valence electrons. The Kier molecular flexibility index (Phi) is 9.39. The Hall–Kier alpha value is -2.73. The van der Waals surface area contributed by atoms with Gasteiger partial charge >= 0.3 is 6.18 Å². The molecule has 4 rings (SSSR count). The number of likely N-dealkylation sites (tertiary alicyclic amines) is 1. The van der Waals surface area contributed by atoms with E-state index in [2.05, 4.69) is 22.5 Å². The molecule has 0 spiro atoms. The number of benzene rings is 2. The van der Waals surface area contributed by atoms with Crippen LogP contribution < -0.4 is 20.7 Å². The molecule has 0 saturated carbocycles. The lowest BCUT2D eigenvalue weighted by Gasteiger charge is -2.35. The fourth-order valence-electron chi connectivity index (χ4n) is 4.80. The van der Waals surface area contributed by atoms with Crippen LogP contribution in [0.5, 0.6) is 5.75 Å². The Morgan fingerprint density at radius 3 is 2.62 bits per heavy atom. The van der Waals surface area contributed by atoms with Crippen molar-refractivity contribution in [3.05, 3.63) is 46.8 Å². The van der Waals surface area contributed by atoms with Crippen LogP contribution in [0.2, 0.25) is 0 Å². The fourth-order valence-corrected chi connectivity index (χ4v) is 6.84. The van der Waals surface area contributed by atoms with Crippen LogP contribution in [-0.2, 0) is 11.0 Å². The Labute approximate surface area is 236 Å². The number of methoxy groups -OCH3 is 1. The number of alkyl halides is 4. The Morgan fingerprint density at radius 2 is 1.98 bits per heavy atom. The Morgan fingerprint density at radius 1 is 1.20 bits per heavy atom. The number of fused-ring (bicyclic) bond motifs is 1. The monoisotopic (exact) mass is 595 g/mol. The number of hydrogen-bond acceptors (Lipinski definition) is 6. The van der Waals surface area contributed by atoms with E-state index in [1.807, 2.05) is 11.8 Å². The molecular formula is C29H34F4N3O2PS. The number of halogens is 4. The third-order valence-electron chi connectivity index (χ3n) is 6.99. The number of rotatable bonds is 8. The van der Waals surface area contributed by atoms with Crippen molar-refractivity contribution in [3.63, 3.8) is 0 Å². The van der Waals surface area contributed by atoms with Gasteiger partial charge in [0.15, 0.2) is 0 Å². The SMILES string of the molecule is CCN1CC[C@H](Nc2cccc3c(CC(F)(F)F)c(C#CCNc4ccc(P(C)(C)=O)cc4OC)sc23)[C@H](F)C1. The Bertz CT molecular complexity index is 1460. The summed E-state index contributed by atoms with van der Waals surface area (Å²) >= 11 is 1.19. The van der Waals surface area contributed by atoms with E-state index in [0.717, 1.165) is 13.1 Å². The zero-order chi connectivity index (χ0) is 29.1. The number of hydrogen-bond donors (Lipinski definition) is 2. The van der Waals surface area contributed by atoms with Crippen LogP contribution >= 0.6 is 18.5 Å². The lowest BCUT2D eigenvalue weighted by atomic mass is 10.0. The highest BCUT2D eigenvalue weighted by Crippen LogP contribution is 2.40. The van der Waals surface area contributed by atoms with Crippen LogP contribution in [0.1, 0.15) is 23.8 Å². The summed E-state index contributed by atoms with van der Waals surface area (Å²) in [5.74, 6) is 6.38. The Balaban J connectivity index is 1.59. The van der Waals surface area contributed by atoms with Gasteiger partial charge in [-0.15, -0.1) is 11.3 Å². The van der Waals surface area contributed by atoms with Gasteiger partial charge < -0.3 is 24.8 Å². The van der Waals surface area contributed by atoms with Gasteiger partial charge in [-0.2, -0.15) is 13.2 Å². The second-order valence-electron chi connectivity index (χ2n) is 10.2. The van der Waals surface area contributed by atoms with Crippen LogP contribution in [0, 0.1) is 11.8 Å². The fraction of sp³-hybridized carbons (Fsp3) is 0.448. The molecule has 3 aromatic rings. The van der Waals surface area contributed by atoms with Crippen molar-refractivity contribution in [2.75, 3.05) is 57.3 Å². The molecule has 2 N–H and O–H groups in total. The first-order valence-electron chi connectivity index (χ1n) is 13.1. The highest BCUT2D eigenvalue weighted by atomic mass is 32.1. The number of ether oxygens (including phenoxy) is 1. The highest BCUT2D eigenvalue weighted by Gasteiger charge is 2.32. The van der Waals surface area contributed by atoms with Gasteiger partial charge in [0.25, 0.3) is 0 Å². The molecular weight excluding hydrogens is 561 g/mol. The minimum atomic E-state index is -4.41. The largest absolute Gasteiger partial charge is 0.495 e. The smallest absolute Gasteiger partial charge is 0.393 e. The molecule has 0 radical (unpaired) electrons. The minimum absolute atomic E-state index is 0.129. The second kappa shape index (κ2) is 12.4. The van der Waals surface area contributed by atoms with E-state index < -0.39 is 32.0 Å². The average molecular weight is 596 g/mol. The first kappa shape index (κ1) is 30.2. The molecule has 2 heterocycles. The standard InChI is InChI=1S/C29H34F4N3O2PS/c1-5-36-15-13-23(22(30)18-36)35-25-9-6-8-20-21(17-29(31,32)33)27(40-28(20)25)10-7-14-34-24-12-11-19(39(3,4)37)16-26(24)38-2/h6,8-9,11-12,16,22-23,34-35H,5,13-15,17-18H2,1-4H3/t22-,23+/m1/s1. The van der Waals surface area contributed by atoms with Gasteiger partial charge in [0.05, 0.1) is 47.1 Å². The number of anilines is 2. The van der Waals surface area contributed by atoms with Crippen molar-refractivity contribution in [3.8, 4) is 17.6 Å². The van der Waals surface area contributed by atoms with Crippen molar-refractivity contribution >= 4 is 45.2 Å². The van der Waals surface area contributed by atoms with Crippen molar-refractivity contribution in [1.82, 2.24) is 4.90 Å². The summed E-state index contributed by atoms with van der Waals surface area (Å²) in [5, 5.41) is 7.56. The lowest BCUT2D eigenvalue weighted by molar-refractivity contribution is -0.126. The van der Waals surface area contributed by atoms with Gasteiger partial charge in [-0.05, 0) is 61.5 Å². The molecule has 0 bridgehead atoms. The van der Waals surface area contributed by atoms with Gasteiger partial charge in [0.1, 0.15) is 19.1 Å². The first-order valence-corrected chi connectivity index (χ1v) is 16.5. The van der Waals surface area contributed by atoms with Crippen molar-refractivity contribution in [1.29, 1.82) is 0 Å². The predicted molar refractivity (Wildman–Crippen MR) is 158 cm³/mol. The summed E-state index contributed by atoms with van der Waals surface area (Å²) in [6.07, 6.45) is -5.96. The van der Waals surface area contributed by atoms with Gasteiger partial charge in [-0.25, -0.2) is 4.39 Å². The van der Waals surface area contributed by atoms with E-state index in [1.165, 1.54) is 18.4 Å². The second-order valence-corrected chi connectivity index (χ2v) is 14.5. The predicted octanol–water partition coefficient (Wildman–Crippen LogP) is 6.57. The van der Waals surface area contributed by atoms with Gasteiger partial charge in [-0.3, -0.25) is 0 Å². The molecule has 0 amide bonds. The first-order chi connectivity index (χ1) is 18.9. The van der Waals surface area contributed by atoms with Crippen LogP contribution in [0.25, 0.3) is 10.1 Å². The van der Waals surface area contributed by atoms with Crippen LogP contribution in [0.3, 0.4) is 0 Å². The highest BCUT2D eigenvalue weighted by molar-refractivity contribution is 7.70. The van der Waals surface area contributed by atoms with E-state index in [4.69, 9.17) is 4.74 Å². The normalized spacial score (nSPS) is 18.3. The maximum atomic E-state index is 14.9. The van der Waals surface area contributed by atoms with Crippen molar-refractivity contribution in [2.24, 2.45) is 0 Å². The van der Waals surface area contributed by atoms with Crippen molar-refractivity contribution in [2.45, 2.75) is 38.2 Å². The molecule has 0 unspecified atom stereocenters. The molecule has 1 aliphatic heterocycles. The summed E-state index contributed by atoms with van der Waals surface area (Å²) in [6, 6.07) is 9.98. The summed E-state index contributed by atoms with van der Waals surface area (Å²) < 4.78 is 74.0. The van der Waals surface area contributed by atoms with E-state index >= 15 is 0 Å². The molecule has 1 aromatic heterocycles. The van der Waals surface area contributed by atoms with Crippen LogP contribution in [0.4, 0.5) is 28.9 Å². The summed E-state index contributed by atoms with van der Waals surface area (Å²) in [5.41, 5.74) is 1.40. The molecule has 1 fully saturated rings. The van der Waals surface area contributed by atoms with Crippen molar-refractivity contribution < 1.29 is 26.9 Å². The average Bonchev–Trinajstić information content (AvgIpc) is 3.23. The summed E-state index contributed by atoms with van der Waals surface area (Å²) in [6.45, 7) is 7.39. The molecule has 0 aliphatic carbocycles. The van der Waals surface area contributed by atoms with Crippen LogP contribution in [0.15, 0.2) is 36.4 Å². The lowest BCUT2D eigenvalue weighted by Crippen LogP contribution is -2.47. The van der Waals surface area contributed by atoms with Crippen LogP contribution in [-0.4, -0.2) is 69.9 Å². The summed E-state index contributed by atoms with van der Waals surface area (Å²) in [7, 11) is -0.955. The molecule has 11 heteroatoms. The number of nitrogens with one attached hydrogen (secondary N) is 2. The maximum Gasteiger partial charge on any atom is 0.393 e. The number of thiophene rings is 1. The third kappa shape index (κ3) is 7.31. The van der Waals surface area contributed by atoms with E-state index in [9.17, 15) is 22.1 Å². The molecule has 2 aromatic carbocycles. The van der Waals surface area contributed by atoms with E-state index in [0.29, 0.717) is 50.4 Å². The number of nitrogens with zero attached hydrogens (tertiary/aromatic N) is 1. The molecule has 2 atom stereocenters. The zero-order valence-electron chi connectivity index (χ0n) is 23.0. The molecule has 1 saturated heterocycles. The summed E-state index contributed by atoms with van der Waals surface area (Å²) in [4.78, 5) is 2.38. The topological polar surface area (TPSA) is 53.6 Å². The van der Waals surface area contributed by atoms with Gasteiger partial charge in [0.2, 0.25) is 0 Å². The zero-order valence-corrected chi connectivity index (χ0v) is 24.7. The van der Waals surface area contributed by atoms with Gasteiger partial charge in [0, 0.05) is 18.4 Å². The minimum Gasteiger partial charge on any atom is -0.495 e. The molecule has 1 aliphatic rings. The van der Waals surface area contributed by atoms with E-state index in [1.54, 1.807) is 49.7 Å². The van der Waals surface area contributed by atoms with E-state index in [-0.39, 0.29) is 12.1 Å². The quantitative estimate of drug-likeness (QED) is 0.175. The number of piperidine rings is 1. The maximum absolute atomic E-state index is 14.9.